The van der Waals surface area contributed by atoms with Gasteiger partial charge in [-0.3, -0.25) is 14.6 Å². The summed E-state index contributed by atoms with van der Waals surface area (Å²) in [6.45, 7) is 0.948. The second kappa shape index (κ2) is 10.3. The van der Waals surface area contributed by atoms with Gasteiger partial charge < -0.3 is 25.4 Å². The molecule has 12 heteroatoms. The van der Waals surface area contributed by atoms with E-state index in [1.165, 1.54) is 35.4 Å². The third-order valence-corrected chi connectivity index (χ3v) is 7.27. The number of carbonyl (C=O) groups is 3. The molecular formula is C25H27F3N4O5. The van der Waals surface area contributed by atoms with Crippen LogP contribution in [0.15, 0.2) is 48.7 Å². The van der Waals surface area contributed by atoms with Gasteiger partial charge in [-0.05, 0) is 55.7 Å². The minimum Gasteiger partial charge on any atom is -0.465 e. The van der Waals surface area contributed by atoms with E-state index in [1.807, 2.05) is 4.90 Å². The molecule has 0 saturated carbocycles. The Morgan fingerprint density at radius 3 is 2.27 bits per heavy atom. The van der Waals surface area contributed by atoms with E-state index < -0.39 is 35.7 Å². The molecule has 1 aromatic heterocycles. The number of rotatable bonds is 7. The molecule has 0 aliphatic carbocycles. The Kier molecular flexibility index (Phi) is 7.28. The van der Waals surface area contributed by atoms with Crippen LogP contribution in [0.1, 0.15) is 37.3 Å². The number of benzene rings is 1. The van der Waals surface area contributed by atoms with Gasteiger partial charge in [0.15, 0.2) is 5.78 Å². The van der Waals surface area contributed by atoms with Crippen LogP contribution in [0.25, 0.3) is 0 Å². The lowest BCUT2D eigenvalue weighted by Gasteiger charge is -2.43. The molecule has 2 fully saturated rings. The first kappa shape index (κ1) is 26.2. The number of carboxylic acid groups (broad SMARTS) is 1. The van der Waals surface area contributed by atoms with E-state index in [0.29, 0.717) is 37.2 Å². The smallest absolute Gasteiger partial charge is 0.465 e. The molecule has 3 N–H and O–H groups in total. The number of pyridine rings is 1. The van der Waals surface area contributed by atoms with Crippen molar-refractivity contribution >= 4 is 23.5 Å². The minimum absolute atomic E-state index is 0.201. The number of alkyl halides is 3. The van der Waals surface area contributed by atoms with E-state index in [2.05, 4.69) is 9.72 Å². The number of aromatic nitrogens is 1. The summed E-state index contributed by atoms with van der Waals surface area (Å²) in [6, 6.07) is 9.55. The highest BCUT2D eigenvalue weighted by Gasteiger charge is 2.52. The van der Waals surface area contributed by atoms with Crippen LogP contribution >= 0.6 is 0 Å². The topological polar surface area (TPSA) is 126 Å². The Morgan fingerprint density at radius 2 is 1.73 bits per heavy atom. The number of Topliss-reactive ketones (excluding diaryl/α,β-unsaturated/α-hetero) is 1. The molecule has 1 aromatic carbocycles. The van der Waals surface area contributed by atoms with Gasteiger partial charge in [-0.15, -0.1) is 13.2 Å². The molecule has 9 nitrogen and oxygen atoms in total. The summed E-state index contributed by atoms with van der Waals surface area (Å²) in [6.07, 6.45) is -3.10. The van der Waals surface area contributed by atoms with Crippen molar-refractivity contribution in [3.05, 3.63) is 54.4 Å². The standard InChI is InChI=1S/C25H27F3N4O5/c26-25(27,28)37-17-6-4-16(5-7-17)32-14-10-24(8-12-31(13-9-24)23(35)36)21(32)20(33)15-18(22(29)34)19-3-1-2-11-30-19/h1-7,11,18,21H,8-10,12-15H2,(H2,29,34)(H,35,36). The summed E-state index contributed by atoms with van der Waals surface area (Å²) in [7, 11) is 0. The highest BCUT2D eigenvalue weighted by molar-refractivity contribution is 5.94. The number of primary amides is 1. The predicted octanol–water partition coefficient (Wildman–Crippen LogP) is 3.55. The lowest BCUT2D eigenvalue weighted by atomic mass is 9.70. The summed E-state index contributed by atoms with van der Waals surface area (Å²) in [5, 5.41) is 9.39. The van der Waals surface area contributed by atoms with E-state index >= 15 is 0 Å². The fourth-order valence-electron chi connectivity index (χ4n) is 5.48. The van der Waals surface area contributed by atoms with Crippen molar-refractivity contribution < 1.29 is 37.4 Å². The van der Waals surface area contributed by atoms with Crippen LogP contribution in [-0.2, 0) is 9.59 Å². The van der Waals surface area contributed by atoms with E-state index in [0.717, 1.165) is 0 Å². The first-order valence-corrected chi connectivity index (χ1v) is 11.8. The van der Waals surface area contributed by atoms with Gasteiger partial charge in [0.25, 0.3) is 0 Å². The van der Waals surface area contributed by atoms with E-state index in [4.69, 9.17) is 5.73 Å². The van der Waals surface area contributed by atoms with Gasteiger partial charge in [0.05, 0.1) is 17.7 Å². The maximum atomic E-state index is 13.9. The molecular weight excluding hydrogens is 493 g/mol. The lowest BCUT2D eigenvalue weighted by Crippen LogP contribution is -2.52. The fourth-order valence-corrected chi connectivity index (χ4v) is 5.48. The third-order valence-electron chi connectivity index (χ3n) is 7.27. The summed E-state index contributed by atoms with van der Waals surface area (Å²) >= 11 is 0. The molecule has 2 unspecified atom stereocenters. The summed E-state index contributed by atoms with van der Waals surface area (Å²) in [4.78, 5) is 44.9. The summed E-state index contributed by atoms with van der Waals surface area (Å²) < 4.78 is 41.8. The molecule has 0 bridgehead atoms. The molecule has 37 heavy (non-hydrogen) atoms. The Hall–Kier alpha value is -3.83. The number of ether oxygens (including phenoxy) is 1. The predicted molar refractivity (Wildman–Crippen MR) is 126 cm³/mol. The number of halogens is 3. The highest BCUT2D eigenvalue weighted by Crippen LogP contribution is 2.48. The van der Waals surface area contributed by atoms with E-state index in [-0.39, 0.29) is 31.0 Å². The van der Waals surface area contributed by atoms with Crippen LogP contribution in [0.5, 0.6) is 5.75 Å². The molecule has 0 radical (unpaired) electrons. The third kappa shape index (κ3) is 5.78. The van der Waals surface area contributed by atoms with Crippen LogP contribution < -0.4 is 15.4 Å². The van der Waals surface area contributed by atoms with Crippen LogP contribution in [0.2, 0.25) is 0 Å². The fraction of sp³-hybridized carbons (Fsp3) is 0.440. The quantitative estimate of drug-likeness (QED) is 0.572. The molecule has 2 atom stereocenters. The average Bonchev–Trinajstić information content (AvgIpc) is 3.21. The van der Waals surface area contributed by atoms with Crippen molar-refractivity contribution in [1.82, 2.24) is 9.88 Å². The number of piperidine rings is 1. The average molecular weight is 521 g/mol. The number of carbonyl (C=O) groups excluding carboxylic acids is 2. The van der Waals surface area contributed by atoms with Gasteiger partial charge in [0.1, 0.15) is 5.75 Å². The highest BCUT2D eigenvalue weighted by atomic mass is 19.4. The van der Waals surface area contributed by atoms with Crippen molar-refractivity contribution in [1.29, 1.82) is 0 Å². The van der Waals surface area contributed by atoms with Crippen molar-refractivity contribution in [2.75, 3.05) is 24.5 Å². The van der Waals surface area contributed by atoms with Gasteiger partial charge in [0, 0.05) is 43.4 Å². The van der Waals surface area contributed by atoms with Crippen LogP contribution in [-0.4, -0.2) is 64.8 Å². The molecule has 2 saturated heterocycles. The maximum absolute atomic E-state index is 13.9. The van der Waals surface area contributed by atoms with Gasteiger partial charge in [-0.1, -0.05) is 6.07 Å². The molecule has 2 aliphatic rings. The number of anilines is 1. The number of nitrogens with two attached hydrogens (primary N) is 1. The Bertz CT molecular complexity index is 1140. The first-order valence-electron chi connectivity index (χ1n) is 11.8. The Morgan fingerprint density at radius 1 is 1.08 bits per heavy atom. The van der Waals surface area contributed by atoms with Crippen LogP contribution in [0.4, 0.5) is 23.7 Å². The van der Waals surface area contributed by atoms with Gasteiger partial charge >= 0.3 is 12.5 Å². The lowest BCUT2D eigenvalue weighted by molar-refractivity contribution is -0.274. The monoisotopic (exact) mass is 520 g/mol. The van der Waals surface area contributed by atoms with Gasteiger partial charge in [-0.2, -0.15) is 0 Å². The molecule has 1 spiro atoms. The van der Waals surface area contributed by atoms with Crippen molar-refractivity contribution in [2.45, 2.75) is 44.0 Å². The van der Waals surface area contributed by atoms with Crippen LogP contribution in [0, 0.1) is 5.41 Å². The zero-order valence-electron chi connectivity index (χ0n) is 19.9. The molecule has 2 aliphatic heterocycles. The zero-order valence-corrected chi connectivity index (χ0v) is 19.9. The SMILES string of the molecule is NC(=O)C(CC(=O)C1N(c2ccc(OC(F)(F)F)cc2)CCC12CCN(C(=O)O)CC2)c1ccccn1. The number of nitrogens with zero attached hydrogens (tertiary/aromatic N) is 3. The summed E-state index contributed by atoms with van der Waals surface area (Å²) in [5.41, 5.74) is 5.97. The first-order chi connectivity index (χ1) is 17.5. The van der Waals surface area contributed by atoms with E-state index in [1.54, 1.807) is 18.2 Å². The normalized spacial score (nSPS) is 20.0. The van der Waals surface area contributed by atoms with Gasteiger partial charge in [-0.25, -0.2) is 4.79 Å². The summed E-state index contributed by atoms with van der Waals surface area (Å²) in [5.74, 6) is -2.28. The maximum Gasteiger partial charge on any atom is 0.573 e. The van der Waals surface area contributed by atoms with E-state index in [9.17, 15) is 32.7 Å². The number of amides is 2. The van der Waals surface area contributed by atoms with Crippen molar-refractivity contribution in [2.24, 2.45) is 11.1 Å². The van der Waals surface area contributed by atoms with Crippen LogP contribution in [0.3, 0.4) is 0 Å². The Balaban J connectivity index is 1.64. The largest absolute Gasteiger partial charge is 0.573 e. The van der Waals surface area contributed by atoms with Gasteiger partial charge in [0.2, 0.25) is 5.91 Å². The molecule has 3 heterocycles. The van der Waals surface area contributed by atoms with Crippen molar-refractivity contribution in [3.8, 4) is 5.75 Å². The number of hydrogen-bond acceptors (Lipinski definition) is 6. The molecule has 2 amide bonds. The molecule has 4 rings (SSSR count). The molecule has 198 valence electrons. The molecule has 2 aromatic rings. The van der Waals surface area contributed by atoms with Crippen molar-refractivity contribution in [3.63, 3.8) is 0 Å². The number of ketones is 1. The zero-order chi connectivity index (χ0) is 26.8. The number of likely N-dealkylation sites (tertiary alicyclic amines) is 1. The second-order valence-corrected chi connectivity index (χ2v) is 9.40. The number of hydrogen-bond donors (Lipinski definition) is 2. The second-order valence-electron chi connectivity index (χ2n) is 9.40. The minimum atomic E-state index is -4.83. The Labute approximate surface area is 211 Å².